The molecule has 0 unspecified atom stereocenters. The number of halogens is 3. The number of likely N-dealkylation sites (tertiary alicyclic amines) is 1. The van der Waals surface area contributed by atoms with Gasteiger partial charge in [-0.1, -0.05) is 18.6 Å². The van der Waals surface area contributed by atoms with E-state index in [-0.39, 0.29) is 43.1 Å². The van der Waals surface area contributed by atoms with Gasteiger partial charge in [0.1, 0.15) is 5.75 Å². The minimum Gasteiger partial charge on any atom is -0.494 e. The van der Waals surface area contributed by atoms with Crippen LogP contribution in [0.3, 0.4) is 0 Å². The first-order chi connectivity index (χ1) is 11.7. The van der Waals surface area contributed by atoms with E-state index >= 15 is 0 Å². The first kappa shape index (κ1) is 28.0. The Morgan fingerprint density at radius 3 is 2.56 bits per heavy atom. The number of nitrogens with zero attached hydrogens (tertiary/aromatic N) is 2. The number of piperidine rings is 1. The number of aliphatic imine (C=N–C) groups is 1. The molecule has 9 heteroatoms. The van der Waals surface area contributed by atoms with Gasteiger partial charge in [0.25, 0.3) is 0 Å². The van der Waals surface area contributed by atoms with E-state index in [0.29, 0.717) is 19.0 Å². The maximum absolute atomic E-state index is 7.35. The van der Waals surface area contributed by atoms with E-state index in [1.54, 1.807) is 7.05 Å². The Balaban J connectivity index is 0. The molecule has 0 radical (unpaired) electrons. The average molecular weight is 441 g/mol. The number of hydrogen-bond acceptors (Lipinski definition) is 4. The van der Waals surface area contributed by atoms with Gasteiger partial charge >= 0.3 is 0 Å². The number of nitrogens with one attached hydrogen (secondary N) is 2. The molecule has 156 valence electrons. The average Bonchev–Trinajstić information content (AvgIpc) is 2.59. The summed E-state index contributed by atoms with van der Waals surface area (Å²) in [7, 11) is 1.71. The molecular formula is C18H32Cl3N5O. The molecule has 0 amide bonds. The molecule has 27 heavy (non-hydrogen) atoms. The Morgan fingerprint density at radius 1 is 1.22 bits per heavy atom. The summed E-state index contributed by atoms with van der Waals surface area (Å²) in [6, 6.07) is 8.35. The van der Waals surface area contributed by atoms with E-state index in [2.05, 4.69) is 33.4 Å². The molecule has 1 saturated heterocycles. The van der Waals surface area contributed by atoms with E-state index < -0.39 is 0 Å². The predicted octanol–water partition coefficient (Wildman–Crippen LogP) is 3.26. The van der Waals surface area contributed by atoms with Crippen LogP contribution in [0.25, 0.3) is 0 Å². The molecule has 4 N–H and O–H groups in total. The molecular weight excluding hydrogens is 409 g/mol. The quantitative estimate of drug-likeness (QED) is 0.345. The maximum Gasteiger partial charge on any atom is 0.163 e. The highest BCUT2D eigenvalue weighted by Crippen LogP contribution is 2.17. The summed E-state index contributed by atoms with van der Waals surface area (Å²) in [4.78, 5) is 6.75. The predicted molar refractivity (Wildman–Crippen MR) is 121 cm³/mol. The van der Waals surface area contributed by atoms with Crippen molar-refractivity contribution < 1.29 is 4.74 Å². The van der Waals surface area contributed by atoms with Crippen LogP contribution in [-0.4, -0.2) is 49.9 Å². The van der Waals surface area contributed by atoms with Crippen molar-refractivity contribution in [3.05, 3.63) is 29.8 Å². The van der Waals surface area contributed by atoms with Crippen LogP contribution < -0.4 is 15.8 Å². The second-order valence-corrected chi connectivity index (χ2v) is 6.08. The number of likely N-dealkylation sites (N-methyl/N-ethyl adjacent to an activating group) is 1. The molecule has 1 fully saturated rings. The summed E-state index contributed by atoms with van der Waals surface area (Å²) >= 11 is 0. The highest BCUT2D eigenvalue weighted by molar-refractivity contribution is 6.38. The fourth-order valence-corrected chi connectivity index (χ4v) is 2.85. The Morgan fingerprint density at radius 2 is 1.93 bits per heavy atom. The lowest BCUT2D eigenvalue weighted by Gasteiger charge is -2.26. The van der Waals surface area contributed by atoms with Crippen molar-refractivity contribution in [2.45, 2.75) is 32.2 Å². The van der Waals surface area contributed by atoms with Crippen molar-refractivity contribution >= 4 is 48.9 Å². The van der Waals surface area contributed by atoms with Crippen LogP contribution in [0.2, 0.25) is 0 Å². The fraction of sp³-hybridized carbons (Fsp3) is 0.556. The molecule has 0 aromatic heterocycles. The van der Waals surface area contributed by atoms with Gasteiger partial charge in [-0.25, -0.2) is 0 Å². The third kappa shape index (κ3) is 10.6. The lowest BCUT2D eigenvalue weighted by Crippen LogP contribution is -2.33. The van der Waals surface area contributed by atoms with Crippen LogP contribution in [0.15, 0.2) is 29.3 Å². The summed E-state index contributed by atoms with van der Waals surface area (Å²) in [6.45, 7) is 4.60. The zero-order chi connectivity index (χ0) is 17.2. The molecule has 1 aliphatic rings. The van der Waals surface area contributed by atoms with Gasteiger partial charge in [0.05, 0.1) is 6.61 Å². The number of benzene rings is 1. The monoisotopic (exact) mass is 439 g/mol. The lowest BCUT2D eigenvalue weighted by atomic mass is 10.1. The largest absolute Gasteiger partial charge is 0.494 e. The van der Waals surface area contributed by atoms with Crippen molar-refractivity contribution in [2.75, 3.05) is 33.3 Å². The fourth-order valence-electron chi connectivity index (χ4n) is 2.85. The van der Waals surface area contributed by atoms with Crippen molar-refractivity contribution in [3.8, 4) is 5.75 Å². The Kier molecular flexibility index (Phi) is 16.4. The van der Waals surface area contributed by atoms with E-state index in [9.17, 15) is 0 Å². The number of rotatable bonds is 7. The topological polar surface area (TPSA) is 86.7 Å². The first-order valence-electron chi connectivity index (χ1n) is 8.69. The van der Waals surface area contributed by atoms with Gasteiger partial charge in [-0.2, -0.15) is 0 Å². The van der Waals surface area contributed by atoms with Crippen LogP contribution in [0, 0.1) is 5.41 Å². The van der Waals surface area contributed by atoms with Crippen LogP contribution >= 0.6 is 37.2 Å². The standard InChI is InChI=1S/C18H29N5O.3ClH/c1-21-18(17(19)20)22-9-6-12-24-16-8-5-7-15(13-16)14-23-10-3-2-4-11-23;;;/h5,7-8,13H,2-4,6,9-12,14H2,1H3,(H3,19,20)(H,21,22);3*1H. The van der Waals surface area contributed by atoms with Gasteiger partial charge in [-0.3, -0.25) is 15.3 Å². The molecule has 1 aliphatic heterocycles. The molecule has 1 aromatic rings. The van der Waals surface area contributed by atoms with Crippen molar-refractivity contribution in [3.63, 3.8) is 0 Å². The van der Waals surface area contributed by atoms with Crippen LogP contribution in [0.1, 0.15) is 31.2 Å². The molecule has 0 spiro atoms. The summed E-state index contributed by atoms with van der Waals surface area (Å²) in [5.74, 6) is 1.30. The van der Waals surface area contributed by atoms with Crippen molar-refractivity contribution in [2.24, 2.45) is 10.7 Å². The second-order valence-electron chi connectivity index (χ2n) is 6.08. The minimum atomic E-state index is -0.0381. The van der Waals surface area contributed by atoms with Gasteiger partial charge in [0, 0.05) is 26.6 Å². The molecule has 0 atom stereocenters. The maximum atomic E-state index is 7.35. The molecule has 1 aromatic carbocycles. The van der Waals surface area contributed by atoms with Gasteiger partial charge in [0.2, 0.25) is 0 Å². The third-order valence-electron chi connectivity index (χ3n) is 4.09. The van der Waals surface area contributed by atoms with Crippen molar-refractivity contribution in [1.82, 2.24) is 10.2 Å². The highest BCUT2D eigenvalue weighted by Gasteiger charge is 2.10. The summed E-state index contributed by atoms with van der Waals surface area (Å²) in [6.07, 6.45) is 4.77. The third-order valence-corrected chi connectivity index (χ3v) is 4.09. The summed E-state index contributed by atoms with van der Waals surface area (Å²) in [5.41, 5.74) is 6.71. The van der Waals surface area contributed by atoms with Crippen LogP contribution in [-0.2, 0) is 6.54 Å². The molecule has 2 rings (SSSR count). The minimum absolute atomic E-state index is 0. The normalized spacial score (nSPS) is 14.2. The number of hydrogen-bond donors (Lipinski definition) is 3. The zero-order valence-corrected chi connectivity index (χ0v) is 18.2. The van der Waals surface area contributed by atoms with Gasteiger partial charge < -0.3 is 15.8 Å². The van der Waals surface area contributed by atoms with E-state index in [1.807, 2.05) is 6.07 Å². The Hall–Kier alpha value is -1.21. The van der Waals surface area contributed by atoms with Crippen LogP contribution in [0.4, 0.5) is 0 Å². The van der Waals surface area contributed by atoms with E-state index in [0.717, 1.165) is 18.7 Å². The van der Waals surface area contributed by atoms with Crippen molar-refractivity contribution in [1.29, 1.82) is 5.41 Å². The number of nitrogens with two attached hydrogens (primary N) is 1. The molecule has 0 saturated carbocycles. The lowest BCUT2D eigenvalue weighted by molar-refractivity contribution is 0.220. The van der Waals surface area contributed by atoms with E-state index in [1.165, 1.54) is 37.9 Å². The summed E-state index contributed by atoms with van der Waals surface area (Å²) in [5, 5.41) is 10.2. The van der Waals surface area contributed by atoms with Gasteiger partial charge in [-0.05, 0) is 43.6 Å². The summed E-state index contributed by atoms with van der Waals surface area (Å²) < 4.78 is 5.82. The second kappa shape index (κ2) is 15.8. The van der Waals surface area contributed by atoms with Gasteiger partial charge in [0.15, 0.2) is 11.7 Å². The van der Waals surface area contributed by atoms with Crippen LogP contribution in [0.5, 0.6) is 5.75 Å². The Bertz CT molecular complexity index is 566. The highest BCUT2D eigenvalue weighted by atomic mass is 35.5. The Labute approximate surface area is 181 Å². The number of amidine groups is 2. The molecule has 0 aliphatic carbocycles. The van der Waals surface area contributed by atoms with Gasteiger partial charge in [-0.15, -0.1) is 37.2 Å². The number of ether oxygens (including phenoxy) is 1. The molecule has 6 nitrogen and oxygen atoms in total. The zero-order valence-electron chi connectivity index (χ0n) is 15.8. The van der Waals surface area contributed by atoms with E-state index in [4.69, 9.17) is 15.9 Å². The first-order valence-corrected chi connectivity index (χ1v) is 8.69. The molecule has 1 heterocycles. The smallest absolute Gasteiger partial charge is 0.163 e. The molecule has 0 bridgehead atoms. The SMILES string of the molecule is CN/C(=N/CCCOc1cccc(CN2CCCCC2)c1)C(=N)N.Cl.Cl.Cl.